The lowest BCUT2D eigenvalue weighted by atomic mass is 10.1. The summed E-state index contributed by atoms with van der Waals surface area (Å²) in [5, 5.41) is 4.22. The molecule has 1 heterocycles. The van der Waals surface area contributed by atoms with E-state index in [9.17, 15) is 0 Å². The molecule has 0 saturated carbocycles. The van der Waals surface area contributed by atoms with Crippen LogP contribution >= 0.6 is 0 Å². The van der Waals surface area contributed by atoms with Gasteiger partial charge in [0.1, 0.15) is 5.82 Å². The van der Waals surface area contributed by atoms with E-state index >= 15 is 0 Å². The van der Waals surface area contributed by atoms with Gasteiger partial charge in [-0.2, -0.15) is 5.10 Å². The normalized spacial score (nSPS) is 10.6. The number of hydrogen-bond acceptors (Lipinski definition) is 3. The quantitative estimate of drug-likeness (QED) is 0.716. The van der Waals surface area contributed by atoms with Gasteiger partial charge in [0.2, 0.25) is 0 Å². The molecule has 2 N–H and O–H groups in total. The predicted octanol–water partition coefficient (Wildman–Crippen LogP) is 1.68. The zero-order valence-electron chi connectivity index (χ0n) is 9.15. The predicted molar refractivity (Wildman–Crippen MR) is 60.3 cm³/mol. The van der Waals surface area contributed by atoms with Gasteiger partial charge in [-0.25, -0.2) is 9.67 Å². The number of rotatable bonds is 1. The second-order valence-electron chi connectivity index (χ2n) is 3.63. The molecule has 2 rings (SSSR count). The molecule has 0 atom stereocenters. The van der Waals surface area contributed by atoms with Gasteiger partial charge in [0.15, 0.2) is 5.82 Å². The zero-order chi connectivity index (χ0) is 11.0. The highest BCUT2D eigenvalue weighted by atomic mass is 15.3. The molecule has 0 aliphatic rings. The van der Waals surface area contributed by atoms with Crippen LogP contribution < -0.4 is 5.73 Å². The smallest absolute Gasteiger partial charge is 0.158 e. The molecule has 0 radical (unpaired) electrons. The zero-order valence-corrected chi connectivity index (χ0v) is 9.15. The lowest BCUT2D eigenvalue weighted by Gasteiger charge is -2.06. The van der Waals surface area contributed by atoms with Crippen molar-refractivity contribution in [3.63, 3.8) is 0 Å². The van der Waals surface area contributed by atoms with Crippen molar-refractivity contribution in [1.82, 2.24) is 14.8 Å². The van der Waals surface area contributed by atoms with E-state index in [1.807, 2.05) is 39.1 Å². The van der Waals surface area contributed by atoms with Gasteiger partial charge in [-0.1, -0.05) is 12.1 Å². The van der Waals surface area contributed by atoms with Gasteiger partial charge in [0, 0.05) is 18.3 Å². The SMILES string of the molecule is Cc1nc(-c2cccc(N)c2C)n(C)n1. The highest BCUT2D eigenvalue weighted by Gasteiger charge is 2.10. The third-order valence-electron chi connectivity index (χ3n) is 2.49. The maximum Gasteiger partial charge on any atom is 0.158 e. The van der Waals surface area contributed by atoms with Crippen molar-refractivity contribution in [2.75, 3.05) is 5.73 Å². The first-order chi connectivity index (χ1) is 7.09. The van der Waals surface area contributed by atoms with Gasteiger partial charge in [-0.3, -0.25) is 0 Å². The number of benzene rings is 1. The summed E-state index contributed by atoms with van der Waals surface area (Å²) >= 11 is 0. The summed E-state index contributed by atoms with van der Waals surface area (Å²) in [5.74, 6) is 1.63. The third-order valence-corrected chi connectivity index (χ3v) is 2.49. The Balaban J connectivity index is 2.64. The number of aromatic nitrogens is 3. The van der Waals surface area contributed by atoms with Crippen LogP contribution in [0.1, 0.15) is 11.4 Å². The first-order valence-corrected chi connectivity index (χ1v) is 4.82. The molecule has 4 nitrogen and oxygen atoms in total. The molecule has 0 aliphatic carbocycles. The van der Waals surface area contributed by atoms with Crippen LogP contribution in [0.2, 0.25) is 0 Å². The minimum Gasteiger partial charge on any atom is -0.398 e. The Morgan fingerprint density at radius 2 is 2.00 bits per heavy atom. The molecule has 0 amide bonds. The molecule has 0 unspecified atom stereocenters. The van der Waals surface area contributed by atoms with Crippen LogP contribution in [0.25, 0.3) is 11.4 Å². The van der Waals surface area contributed by atoms with Crippen molar-refractivity contribution in [2.24, 2.45) is 7.05 Å². The molecule has 15 heavy (non-hydrogen) atoms. The first-order valence-electron chi connectivity index (χ1n) is 4.82. The number of aryl methyl sites for hydroxylation is 2. The van der Waals surface area contributed by atoms with E-state index in [-0.39, 0.29) is 0 Å². The van der Waals surface area contributed by atoms with Crippen LogP contribution in [0, 0.1) is 13.8 Å². The van der Waals surface area contributed by atoms with Gasteiger partial charge in [0.25, 0.3) is 0 Å². The van der Waals surface area contributed by atoms with E-state index < -0.39 is 0 Å². The van der Waals surface area contributed by atoms with E-state index in [4.69, 9.17) is 5.73 Å². The van der Waals surface area contributed by atoms with Crippen molar-refractivity contribution in [1.29, 1.82) is 0 Å². The molecule has 0 spiro atoms. The molecular formula is C11H14N4. The summed E-state index contributed by atoms with van der Waals surface area (Å²) in [5.41, 5.74) is 8.73. The van der Waals surface area contributed by atoms with Crippen LogP contribution in [-0.4, -0.2) is 14.8 Å². The average Bonchev–Trinajstić information content (AvgIpc) is 2.50. The van der Waals surface area contributed by atoms with E-state index in [0.717, 1.165) is 28.5 Å². The third kappa shape index (κ3) is 1.58. The summed E-state index contributed by atoms with van der Waals surface area (Å²) in [7, 11) is 1.89. The summed E-state index contributed by atoms with van der Waals surface area (Å²) in [6.07, 6.45) is 0. The molecule has 0 saturated heterocycles. The maximum atomic E-state index is 5.86. The van der Waals surface area contributed by atoms with E-state index in [1.165, 1.54) is 0 Å². The molecule has 4 heteroatoms. The van der Waals surface area contributed by atoms with Gasteiger partial charge in [-0.05, 0) is 25.5 Å². The Labute approximate surface area is 88.8 Å². The summed E-state index contributed by atoms with van der Waals surface area (Å²) in [6, 6.07) is 5.83. The number of anilines is 1. The Morgan fingerprint density at radius 3 is 2.60 bits per heavy atom. The Kier molecular flexibility index (Phi) is 2.19. The minimum absolute atomic E-state index is 0.773. The number of nitrogens with two attached hydrogens (primary N) is 1. The van der Waals surface area contributed by atoms with E-state index in [1.54, 1.807) is 4.68 Å². The van der Waals surface area contributed by atoms with E-state index in [2.05, 4.69) is 10.1 Å². The Bertz CT molecular complexity index is 499. The molecule has 2 aromatic rings. The Morgan fingerprint density at radius 1 is 1.27 bits per heavy atom. The largest absolute Gasteiger partial charge is 0.398 e. The summed E-state index contributed by atoms with van der Waals surface area (Å²) in [6.45, 7) is 3.87. The highest BCUT2D eigenvalue weighted by molar-refractivity contribution is 5.67. The highest BCUT2D eigenvalue weighted by Crippen LogP contribution is 2.24. The second kappa shape index (κ2) is 3.38. The van der Waals surface area contributed by atoms with E-state index in [0.29, 0.717) is 0 Å². The minimum atomic E-state index is 0.773. The van der Waals surface area contributed by atoms with Crippen LogP contribution in [0.15, 0.2) is 18.2 Å². The van der Waals surface area contributed by atoms with Gasteiger partial charge in [0.05, 0.1) is 0 Å². The van der Waals surface area contributed by atoms with Crippen molar-refractivity contribution < 1.29 is 0 Å². The van der Waals surface area contributed by atoms with Gasteiger partial charge < -0.3 is 5.73 Å². The lowest BCUT2D eigenvalue weighted by Crippen LogP contribution is -1.98. The standard InChI is InChI=1S/C11H14N4/c1-7-9(5-4-6-10(7)12)11-13-8(2)14-15(11)3/h4-6H,12H2,1-3H3. The number of nitrogen functional groups attached to an aromatic ring is 1. The first kappa shape index (κ1) is 9.71. The topological polar surface area (TPSA) is 56.7 Å². The molecule has 78 valence electrons. The maximum absolute atomic E-state index is 5.86. The van der Waals surface area contributed by atoms with Crippen molar-refractivity contribution in [3.05, 3.63) is 29.6 Å². The van der Waals surface area contributed by atoms with Gasteiger partial charge >= 0.3 is 0 Å². The Hall–Kier alpha value is -1.84. The number of nitrogens with zero attached hydrogens (tertiary/aromatic N) is 3. The molecule has 1 aromatic heterocycles. The van der Waals surface area contributed by atoms with Crippen molar-refractivity contribution in [2.45, 2.75) is 13.8 Å². The second-order valence-corrected chi connectivity index (χ2v) is 3.63. The molecule has 0 fully saturated rings. The fourth-order valence-corrected chi connectivity index (χ4v) is 1.64. The summed E-state index contributed by atoms with van der Waals surface area (Å²) < 4.78 is 1.77. The molecule has 0 aliphatic heterocycles. The fraction of sp³-hybridized carbons (Fsp3) is 0.273. The van der Waals surface area contributed by atoms with Crippen LogP contribution in [-0.2, 0) is 7.05 Å². The molecule has 1 aromatic carbocycles. The number of hydrogen-bond donors (Lipinski definition) is 1. The monoisotopic (exact) mass is 202 g/mol. The van der Waals surface area contributed by atoms with Crippen molar-refractivity contribution >= 4 is 5.69 Å². The fourth-order valence-electron chi connectivity index (χ4n) is 1.64. The van der Waals surface area contributed by atoms with Crippen LogP contribution in [0.5, 0.6) is 0 Å². The molecule has 0 bridgehead atoms. The van der Waals surface area contributed by atoms with Gasteiger partial charge in [-0.15, -0.1) is 0 Å². The average molecular weight is 202 g/mol. The van der Waals surface area contributed by atoms with Crippen molar-refractivity contribution in [3.8, 4) is 11.4 Å². The molecular weight excluding hydrogens is 188 g/mol. The van der Waals surface area contributed by atoms with Crippen LogP contribution in [0.3, 0.4) is 0 Å². The lowest BCUT2D eigenvalue weighted by molar-refractivity contribution is 0.763. The summed E-state index contributed by atoms with van der Waals surface area (Å²) in [4.78, 5) is 4.38. The van der Waals surface area contributed by atoms with Crippen LogP contribution in [0.4, 0.5) is 5.69 Å².